The van der Waals surface area contributed by atoms with Gasteiger partial charge in [0.2, 0.25) is 0 Å². The number of nitrogens with zero attached hydrogens (tertiary/aromatic N) is 1. The molecule has 0 radical (unpaired) electrons. The fraction of sp³-hybridized carbons (Fsp3) is 0.750. The van der Waals surface area contributed by atoms with E-state index < -0.39 is 0 Å². The lowest BCUT2D eigenvalue weighted by atomic mass is 10.3. The molecule has 0 atom stereocenters. The smallest absolute Gasteiger partial charge is 0.0594 e. The Bertz CT molecular complexity index is 97.4. The molecule has 1 aliphatic rings. The Kier molecular flexibility index (Phi) is 3.47. The second-order valence-corrected chi connectivity index (χ2v) is 2.53. The van der Waals surface area contributed by atoms with Gasteiger partial charge in [-0.25, -0.2) is 0 Å². The summed E-state index contributed by atoms with van der Waals surface area (Å²) in [4.78, 5) is 2.41. The SMILES string of the molecule is C=CCCN1CCOCC1. The molecule has 0 spiro atoms. The molecule has 0 aromatic heterocycles. The standard InChI is InChI=1S/C8H15NO/c1-2-3-4-9-5-7-10-8-6-9/h2H,1,3-8H2. The Morgan fingerprint density at radius 3 is 2.70 bits per heavy atom. The highest BCUT2D eigenvalue weighted by Crippen LogP contribution is 1.97. The van der Waals surface area contributed by atoms with E-state index in [1.54, 1.807) is 0 Å². The summed E-state index contributed by atoms with van der Waals surface area (Å²) < 4.78 is 5.21. The molecule has 0 bridgehead atoms. The van der Waals surface area contributed by atoms with Crippen LogP contribution >= 0.6 is 0 Å². The molecule has 1 fully saturated rings. The first kappa shape index (κ1) is 7.76. The fourth-order valence-electron chi connectivity index (χ4n) is 1.10. The van der Waals surface area contributed by atoms with Crippen molar-refractivity contribution in [2.45, 2.75) is 6.42 Å². The van der Waals surface area contributed by atoms with Gasteiger partial charge < -0.3 is 4.74 Å². The van der Waals surface area contributed by atoms with Crippen molar-refractivity contribution in [3.8, 4) is 0 Å². The van der Waals surface area contributed by atoms with Crippen molar-refractivity contribution in [1.29, 1.82) is 0 Å². The van der Waals surface area contributed by atoms with Crippen molar-refractivity contribution >= 4 is 0 Å². The van der Waals surface area contributed by atoms with Crippen molar-refractivity contribution in [2.75, 3.05) is 32.8 Å². The minimum absolute atomic E-state index is 0.900. The summed E-state index contributed by atoms with van der Waals surface area (Å²) in [7, 11) is 0. The van der Waals surface area contributed by atoms with Gasteiger partial charge in [-0.1, -0.05) is 6.08 Å². The van der Waals surface area contributed by atoms with Gasteiger partial charge in [0.05, 0.1) is 13.2 Å². The van der Waals surface area contributed by atoms with Crippen molar-refractivity contribution in [3.05, 3.63) is 12.7 Å². The molecule has 0 aromatic rings. The van der Waals surface area contributed by atoms with E-state index in [-0.39, 0.29) is 0 Å². The number of ether oxygens (including phenoxy) is 1. The Morgan fingerprint density at radius 2 is 2.10 bits per heavy atom. The summed E-state index contributed by atoms with van der Waals surface area (Å²) in [6, 6.07) is 0. The Morgan fingerprint density at radius 1 is 1.40 bits per heavy atom. The zero-order valence-electron chi connectivity index (χ0n) is 6.38. The van der Waals surface area contributed by atoms with Crippen LogP contribution in [0, 0.1) is 0 Å². The molecule has 10 heavy (non-hydrogen) atoms. The maximum absolute atomic E-state index is 5.21. The Balaban J connectivity index is 2.07. The molecular formula is C8H15NO. The van der Waals surface area contributed by atoms with Gasteiger partial charge in [-0.05, 0) is 6.42 Å². The quantitative estimate of drug-likeness (QED) is 0.541. The number of hydrogen-bond donors (Lipinski definition) is 0. The molecule has 0 saturated carbocycles. The molecule has 0 unspecified atom stereocenters. The van der Waals surface area contributed by atoms with Gasteiger partial charge in [-0.3, -0.25) is 4.90 Å². The molecule has 2 heteroatoms. The normalized spacial score (nSPS) is 20.8. The van der Waals surface area contributed by atoms with E-state index in [2.05, 4.69) is 11.5 Å². The highest BCUT2D eigenvalue weighted by Gasteiger charge is 2.07. The van der Waals surface area contributed by atoms with E-state index in [1.165, 1.54) is 0 Å². The van der Waals surface area contributed by atoms with E-state index in [9.17, 15) is 0 Å². The van der Waals surface area contributed by atoms with Crippen molar-refractivity contribution in [3.63, 3.8) is 0 Å². The minimum atomic E-state index is 0.900. The first-order valence-electron chi connectivity index (χ1n) is 3.84. The van der Waals surface area contributed by atoms with Crippen LogP contribution in [0.15, 0.2) is 12.7 Å². The van der Waals surface area contributed by atoms with E-state index in [0.717, 1.165) is 39.3 Å². The average Bonchev–Trinajstić information content (AvgIpc) is 2.03. The lowest BCUT2D eigenvalue weighted by Gasteiger charge is -2.25. The van der Waals surface area contributed by atoms with Crippen LogP contribution < -0.4 is 0 Å². The lowest BCUT2D eigenvalue weighted by Crippen LogP contribution is -2.36. The van der Waals surface area contributed by atoms with E-state index in [4.69, 9.17) is 4.74 Å². The van der Waals surface area contributed by atoms with Crippen LogP contribution in [0.25, 0.3) is 0 Å². The third-order valence-corrected chi connectivity index (χ3v) is 1.75. The highest BCUT2D eigenvalue weighted by atomic mass is 16.5. The van der Waals surface area contributed by atoms with Gasteiger partial charge in [-0.2, -0.15) is 0 Å². The summed E-state index contributed by atoms with van der Waals surface area (Å²) in [5.41, 5.74) is 0. The largest absolute Gasteiger partial charge is 0.379 e. The number of rotatable bonds is 3. The molecule has 1 saturated heterocycles. The molecule has 1 aliphatic heterocycles. The minimum Gasteiger partial charge on any atom is -0.379 e. The van der Waals surface area contributed by atoms with Gasteiger partial charge in [0, 0.05) is 19.6 Å². The summed E-state index contributed by atoms with van der Waals surface area (Å²) >= 11 is 0. The maximum Gasteiger partial charge on any atom is 0.0594 e. The van der Waals surface area contributed by atoms with E-state index in [0.29, 0.717) is 0 Å². The van der Waals surface area contributed by atoms with Gasteiger partial charge in [-0.15, -0.1) is 6.58 Å². The fourth-order valence-corrected chi connectivity index (χ4v) is 1.10. The van der Waals surface area contributed by atoms with E-state index >= 15 is 0 Å². The van der Waals surface area contributed by atoms with Gasteiger partial charge in [0.25, 0.3) is 0 Å². The van der Waals surface area contributed by atoms with Gasteiger partial charge in [0.1, 0.15) is 0 Å². The first-order valence-corrected chi connectivity index (χ1v) is 3.84. The van der Waals surface area contributed by atoms with Gasteiger partial charge >= 0.3 is 0 Å². The summed E-state index contributed by atoms with van der Waals surface area (Å²) in [5.74, 6) is 0. The summed E-state index contributed by atoms with van der Waals surface area (Å²) in [6.07, 6.45) is 3.06. The summed E-state index contributed by atoms with van der Waals surface area (Å²) in [6.45, 7) is 8.81. The Labute approximate surface area is 62.5 Å². The molecule has 2 nitrogen and oxygen atoms in total. The van der Waals surface area contributed by atoms with Gasteiger partial charge in [0.15, 0.2) is 0 Å². The van der Waals surface area contributed by atoms with Crippen molar-refractivity contribution in [2.24, 2.45) is 0 Å². The predicted octanol–water partition coefficient (Wildman–Crippen LogP) is 0.895. The van der Waals surface area contributed by atoms with Crippen LogP contribution in [0.4, 0.5) is 0 Å². The molecular weight excluding hydrogens is 126 g/mol. The van der Waals surface area contributed by atoms with Crippen LogP contribution in [0.1, 0.15) is 6.42 Å². The van der Waals surface area contributed by atoms with Crippen LogP contribution in [0.2, 0.25) is 0 Å². The molecule has 1 heterocycles. The van der Waals surface area contributed by atoms with Crippen LogP contribution in [-0.2, 0) is 4.74 Å². The predicted molar refractivity (Wildman–Crippen MR) is 42.1 cm³/mol. The average molecular weight is 141 g/mol. The molecule has 0 amide bonds. The monoisotopic (exact) mass is 141 g/mol. The zero-order valence-corrected chi connectivity index (χ0v) is 6.38. The first-order chi connectivity index (χ1) is 4.93. The van der Waals surface area contributed by atoms with Crippen LogP contribution in [0.5, 0.6) is 0 Å². The second kappa shape index (κ2) is 4.47. The molecule has 1 rings (SSSR count). The lowest BCUT2D eigenvalue weighted by molar-refractivity contribution is 0.0387. The number of hydrogen-bond acceptors (Lipinski definition) is 2. The van der Waals surface area contributed by atoms with Crippen LogP contribution in [0.3, 0.4) is 0 Å². The maximum atomic E-state index is 5.21. The molecule has 0 N–H and O–H groups in total. The summed E-state index contributed by atoms with van der Waals surface area (Å²) in [5, 5.41) is 0. The number of morpholine rings is 1. The molecule has 0 aliphatic carbocycles. The highest BCUT2D eigenvalue weighted by molar-refractivity contribution is 4.70. The third kappa shape index (κ3) is 2.50. The Hall–Kier alpha value is -0.340. The molecule has 58 valence electrons. The second-order valence-electron chi connectivity index (χ2n) is 2.53. The molecule has 0 aromatic carbocycles. The van der Waals surface area contributed by atoms with Crippen molar-refractivity contribution in [1.82, 2.24) is 4.90 Å². The third-order valence-electron chi connectivity index (χ3n) is 1.75. The van der Waals surface area contributed by atoms with Crippen LogP contribution in [-0.4, -0.2) is 37.7 Å². The van der Waals surface area contributed by atoms with Crippen molar-refractivity contribution < 1.29 is 4.74 Å². The zero-order chi connectivity index (χ0) is 7.23. The topological polar surface area (TPSA) is 12.5 Å². The van der Waals surface area contributed by atoms with E-state index in [1.807, 2.05) is 6.08 Å².